The minimum atomic E-state index is 0. The molecular formula is AlF2OY. The van der Waals surface area contributed by atoms with Crippen LogP contribution in [0, 0.1) is 0 Å². The standard InChI is InChI=1S/Al.F2O.Y/c;1-3-2;. The van der Waals surface area contributed by atoms with Gasteiger partial charge in [-0.3, -0.25) is 0 Å². The Morgan fingerprint density at radius 1 is 1.20 bits per heavy atom. The molecule has 0 aliphatic rings. The van der Waals surface area contributed by atoms with Gasteiger partial charge in [0.05, 0.1) is 0 Å². The molecular weight excluding hydrogens is 170 g/mol. The summed E-state index contributed by atoms with van der Waals surface area (Å²) in [4.78, 5) is 0. The van der Waals surface area contributed by atoms with Crippen LogP contribution in [0.5, 0.6) is 0 Å². The molecule has 0 bridgehead atoms. The molecule has 0 N–H and O–H groups in total. The zero-order valence-electron chi connectivity index (χ0n) is 2.32. The number of hydrogen-bond acceptors (Lipinski definition) is 1. The van der Waals surface area contributed by atoms with E-state index in [1.807, 2.05) is 0 Å². The molecule has 5 heteroatoms. The van der Waals surface area contributed by atoms with Crippen molar-refractivity contribution in [1.82, 2.24) is 0 Å². The summed E-state index contributed by atoms with van der Waals surface area (Å²) in [7, 11) is 0. The van der Waals surface area contributed by atoms with Crippen LogP contribution in [0.1, 0.15) is 0 Å². The predicted octanol–water partition coefficient (Wildman–Crippen LogP) is 0.389. The maximum Gasteiger partial charge on any atom is 0.0209 e. The molecule has 0 aliphatic carbocycles. The van der Waals surface area contributed by atoms with Gasteiger partial charge in [0.1, 0.15) is 0 Å². The average Bonchev–Trinajstić information content (AvgIpc) is 0.918. The molecule has 0 atom stereocenters. The SMILES string of the molecule is FOF.[Al].[Y]. The third-order valence-electron chi connectivity index (χ3n) is 0. The van der Waals surface area contributed by atoms with E-state index in [4.69, 9.17) is 9.05 Å². The van der Waals surface area contributed by atoms with Crippen LogP contribution in [-0.4, -0.2) is 17.4 Å². The average molecular weight is 170 g/mol. The molecule has 0 aliphatic heterocycles. The first-order chi connectivity index (χ1) is 1.41. The monoisotopic (exact) mass is 170 g/mol. The van der Waals surface area contributed by atoms with Crippen molar-refractivity contribution >= 4 is 17.4 Å². The van der Waals surface area contributed by atoms with Crippen LogP contribution in [0.2, 0.25) is 0 Å². The van der Waals surface area contributed by atoms with Crippen LogP contribution < -0.4 is 0 Å². The van der Waals surface area contributed by atoms with Crippen LogP contribution in [0.4, 0.5) is 9.05 Å². The molecule has 0 unspecified atom stereocenters. The van der Waals surface area contributed by atoms with Gasteiger partial charge in [0.25, 0.3) is 0 Å². The van der Waals surface area contributed by atoms with E-state index in [0.29, 0.717) is 0 Å². The van der Waals surface area contributed by atoms with Crippen molar-refractivity contribution in [3.8, 4) is 0 Å². The molecule has 1 nitrogen and oxygen atoms in total. The summed E-state index contributed by atoms with van der Waals surface area (Å²) in [5.41, 5.74) is 0. The van der Waals surface area contributed by atoms with E-state index >= 15 is 0 Å². The Kier molecular flexibility index (Phi) is 57.8. The van der Waals surface area contributed by atoms with E-state index in [1.165, 1.54) is 5.15 Å². The van der Waals surface area contributed by atoms with Gasteiger partial charge in [0.2, 0.25) is 0 Å². The summed E-state index contributed by atoms with van der Waals surface area (Å²) in [6, 6.07) is 0. The van der Waals surface area contributed by atoms with E-state index in [0.717, 1.165) is 0 Å². The van der Waals surface area contributed by atoms with Crippen molar-refractivity contribution in [1.29, 1.82) is 0 Å². The van der Waals surface area contributed by atoms with Gasteiger partial charge in [0, 0.05) is 55.2 Å². The number of halogens is 2. The molecule has 0 aromatic heterocycles. The van der Waals surface area contributed by atoms with E-state index in [1.54, 1.807) is 0 Å². The van der Waals surface area contributed by atoms with Crippen molar-refractivity contribution in [3.63, 3.8) is 0 Å². The quantitative estimate of drug-likeness (QED) is 0.477. The summed E-state index contributed by atoms with van der Waals surface area (Å²) in [5.74, 6) is 0. The second-order valence-corrected chi connectivity index (χ2v) is 0.0583. The first-order valence-electron chi connectivity index (χ1n) is 0.309. The minimum absolute atomic E-state index is 0. The van der Waals surface area contributed by atoms with E-state index < -0.39 is 0 Å². The van der Waals surface area contributed by atoms with Crippen LogP contribution in [0.15, 0.2) is 0 Å². The maximum absolute atomic E-state index is 9.12. The Hall–Kier alpha value is 1.46. The van der Waals surface area contributed by atoms with Crippen molar-refractivity contribution < 1.29 is 46.9 Å². The van der Waals surface area contributed by atoms with Gasteiger partial charge in [-0.05, 0) is 9.05 Å². The second kappa shape index (κ2) is 18.0. The fourth-order valence-corrected chi connectivity index (χ4v) is 0. The second-order valence-electron chi connectivity index (χ2n) is 0.0583. The van der Waals surface area contributed by atoms with Gasteiger partial charge in [-0.1, -0.05) is 0 Å². The Balaban J connectivity index is -0.0000000200. The Morgan fingerprint density at radius 2 is 1.20 bits per heavy atom. The minimum Gasteiger partial charge on any atom is -0.0104 e. The van der Waals surface area contributed by atoms with Crippen molar-refractivity contribution in [2.24, 2.45) is 0 Å². The molecule has 0 amide bonds. The molecule has 4 radical (unpaired) electrons. The molecule has 0 fully saturated rings. The third kappa shape index (κ3) is 30.7. The van der Waals surface area contributed by atoms with Crippen LogP contribution in [0.3, 0.4) is 0 Å². The third-order valence-corrected chi connectivity index (χ3v) is 0. The summed E-state index contributed by atoms with van der Waals surface area (Å²) >= 11 is 0. The Labute approximate surface area is 63.9 Å². The van der Waals surface area contributed by atoms with Gasteiger partial charge in [-0.15, -0.1) is 0 Å². The van der Waals surface area contributed by atoms with Crippen LogP contribution in [0.25, 0.3) is 0 Å². The van der Waals surface area contributed by atoms with Crippen molar-refractivity contribution in [2.45, 2.75) is 0 Å². The number of hydrogen-bond donors (Lipinski definition) is 0. The first-order valence-corrected chi connectivity index (χ1v) is 0.309. The van der Waals surface area contributed by atoms with Gasteiger partial charge < -0.3 is 0 Å². The van der Waals surface area contributed by atoms with Crippen molar-refractivity contribution in [3.05, 3.63) is 0 Å². The first kappa shape index (κ1) is 16.1. The van der Waals surface area contributed by atoms with Gasteiger partial charge in [-0.2, -0.15) is 0 Å². The largest absolute Gasteiger partial charge is 0.0209 e. The molecule has 0 spiro atoms. The zero-order chi connectivity index (χ0) is 2.71. The molecule has 5 heavy (non-hydrogen) atoms. The Morgan fingerprint density at radius 3 is 1.20 bits per heavy atom. The molecule has 0 rings (SSSR count). The van der Waals surface area contributed by atoms with E-state index in [9.17, 15) is 0 Å². The van der Waals surface area contributed by atoms with Crippen LogP contribution in [-0.2, 0) is 37.9 Å². The topological polar surface area (TPSA) is 9.23 Å². The van der Waals surface area contributed by atoms with Gasteiger partial charge >= 0.3 is 0 Å². The van der Waals surface area contributed by atoms with Gasteiger partial charge in [-0.25, -0.2) is 0 Å². The summed E-state index contributed by atoms with van der Waals surface area (Å²) in [5, 5.41) is 1.25. The van der Waals surface area contributed by atoms with Crippen molar-refractivity contribution in [2.75, 3.05) is 0 Å². The fraction of sp³-hybridized carbons (Fsp3) is 0. The molecule has 0 saturated heterocycles. The number of rotatable bonds is 0. The predicted molar refractivity (Wildman–Crippen MR) is 9.05 cm³/mol. The Bertz CT molecular complexity index is 9.61. The fourth-order valence-electron chi connectivity index (χ4n) is 0. The summed E-state index contributed by atoms with van der Waals surface area (Å²) in [6.45, 7) is 0. The molecule has 0 aromatic carbocycles. The maximum atomic E-state index is 9.12. The zero-order valence-corrected chi connectivity index (χ0v) is 6.31. The summed E-state index contributed by atoms with van der Waals surface area (Å²) in [6.07, 6.45) is 0. The van der Waals surface area contributed by atoms with E-state index in [2.05, 4.69) is 0 Å². The molecule has 26 valence electrons. The van der Waals surface area contributed by atoms with E-state index in [-0.39, 0.29) is 50.1 Å². The van der Waals surface area contributed by atoms with Crippen LogP contribution >= 0.6 is 0 Å². The molecule has 0 saturated carbocycles. The molecule has 0 heterocycles. The normalized spacial score (nSPS) is 3.60. The van der Waals surface area contributed by atoms with Gasteiger partial charge in [0.15, 0.2) is 0 Å². The summed E-state index contributed by atoms with van der Waals surface area (Å²) < 4.78 is 18.2. The molecule has 0 aromatic rings. The smallest absolute Gasteiger partial charge is 0.0104 e.